The summed E-state index contributed by atoms with van der Waals surface area (Å²) in [4.78, 5) is 20.1. The Hall–Kier alpha value is -1.36. The van der Waals surface area contributed by atoms with E-state index in [1.807, 2.05) is 13.8 Å². The fourth-order valence-corrected chi connectivity index (χ4v) is 1.74. The van der Waals surface area contributed by atoms with Gasteiger partial charge in [0.15, 0.2) is 5.16 Å². The smallest absolute Gasteiger partial charge is 0.270 e. The molecule has 1 aromatic rings. The number of amides is 1. The van der Waals surface area contributed by atoms with Gasteiger partial charge in [0.05, 0.1) is 0 Å². The molecule has 1 amide bonds. The minimum Gasteiger partial charge on any atom is -0.347 e. The Balaban J connectivity index is 2.86. The van der Waals surface area contributed by atoms with Crippen molar-refractivity contribution in [1.82, 2.24) is 15.3 Å². The van der Waals surface area contributed by atoms with E-state index < -0.39 is 0 Å². The zero-order valence-electron chi connectivity index (χ0n) is 9.49. The van der Waals surface area contributed by atoms with Gasteiger partial charge in [-0.1, -0.05) is 24.8 Å². The first kappa shape index (κ1) is 12.7. The maximum absolute atomic E-state index is 11.7. The third kappa shape index (κ3) is 3.66. The van der Waals surface area contributed by atoms with Gasteiger partial charge in [-0.2, -0.15) is 0 Å². The summed E-state index contributed by atoms with van der Waals surface area (Å²) in [5.74, 6) is 0.695. The molecular formula is C11H15N3OS. The van der Waals surface area contributed by atoms with Crippen LogP contribution in [0.1, 0.15) is 23.1 Å². The Bertz CT molecular complexity index is 393. The quantitative estimate of drug-likeness (QED) is 0.482. The van der Waals surface area contributed by atoms with Crippen LogP contribution in [0.3, 0.4) is 0 Å². The average molecular weight is 237 g/mol. The predicted molar refractivity (Wildman–Crippen MR) is 65.7 cm³/mol. The molecule has 86 valence electrons. The maximum Gasteiger partial charge on any atom is 0.270 e. The van der Waals surface area contributed by atoms with E-state index in [0.29, 0.717) is 17.4 Å². The van der Waals surface area contributed by atoms with Crippen molar-refractivity contribution in [3.63, 3.8) is 0 Å². The topological polar surface area (TPSA) is 54.9 Å². The van der Waals surface area contributed by atoms with Crippen molar-refractivity contribution in [2.45, 2.75) is 19.0 Å². The van der Waals surface area contributed by atoms with E-state index in [-0.39, 0.29) is 5.91 Å². The second-order valence-electron chi connectivity index (χ2n) is 3.11. The zero-order chi connectivity index (χ0) is 12.0. The molecule has 0 saturated heterocycles. The summed E-state index contributed by atoms with van der Waals surface area (Å²) in [6.45, 7) is 7.86. The van der Waals surface area contributed by atoms with Crippen LogP contribution >= 0.6 is 11.8 Å². The summed E-state index contributed by atoms with van der Waals surface area (Å²) in [5, 5.41) is 3.33. The van der Waals surface area contributed by atoms with E-state index in [4.69, 9.17) is 0 Å². The summed E-state index contributed by atoms with van der Waals surface area (Å²) in [6, 6.07) is 1.68. The number of nitrogens with one attached hydrogen (secondary N) is 1. The molecule has 16 heavy (non-hydrogen) atoms. The number of aryl methyl sites for hydroxylation is 1. The molecule has 1 rings (SSSR count). The molecular weight excluding hydrogens is 222 g/mol. The lowest BCUT2D eigenvalue weighted by molar-refractivity contribution is 0.0952. The van der Waals surface area contributed by atoms with Gasteiger partial charge in [-0.15, -0.1) is 6.58 Å². The Labute approximate surface area is 99.6 Å². The number of hydrogen-bond donors (Lipinski definition) is 1. The largest absolute Gasteiger partial charge is 0.347 e. The standard InChI is InChI=1S/C11H15N3OS/c1-4-6-12-10(15)9-7-8(3)13-11(14-9)16-5-2/h4,7H,1,5-6H2,2-3H3,(H,12,15). The molecule has 1 heterocycles. The number of rotatable bonds is 5. The van der Waals surface area contributed by atoms with E-state index >= 15 is 0 Å². The second-order valence-corrected chi connectivity index (χ2v) is 4.34. The summed E-state index contributed by atoms with van der Waals surface area (Å²) in [5.41, 5.74) is 1.21. The van der Waals surface area contributed by atoms with Gasteiger partial charge in [0.25, 0.3) is 5.91 Å². The van der Waals surface area contributed by atoms with Crippen LogP contribution in [0.2, 0.25) is 0 Å². The van der Waals surface area contributed by atoms with Crippen LogP contribution in [-0.2, 0) is 0 Å². The van der Waals surface area contributed by atoms with Gasteiger partial charge in [0.1, 0.15) is 5.69 Å². The van der Waals surface area contributed by atoms with Gasteiger partial charge >= 0.3 is 0 Å². The molecule has 0 saturated carbocycles. The average Bonchev–Trinajstić information content (AvgIpc) is 2.25. The fourth-order valence-electron chi connectivity index (χ4n) is 1.11. The third-order valence-electron chi connectivity index (χ3n) is 1.75. The lowest BCUT2D eigenvalue weighted by Gasteiger charge is -2.04. The van der Waals surface area contributed by atoms with E-state index in [9.17, 15) is 4.79 Å². The molecule has 0 aliphatic carbocycles. The van der Waals surface area contributed by atoms with E-state index in [0.717, 1.165) is 11.4 Å². The molecule has 4 nitrogen and oxygen atoms in total. The van der Waals surface area contributed by atoms with Crippen LogP contribution in [0.15, 0.2) is 23.9 Å². The molecule has 0 bridgehead atoms. The maximum atomic E-state index is 11.7. The van der Waals surface area contributed by atoms with Crippen molar-refractivity contribution < 1.29 is 4.79 Å². The Morgan fingerprint density at radius 3 is 3.00 bits per heavy atom. The van der Waals surface area contributed by atoms with Crippen molar-refractivity contribution >= 4 is 17.7 Å². The molecule has 0 aliphatic heterocycles. The van der Waals surface area contributed by atoms with Gasteiger partial charge in [0.2, 0.25) is 0 Å². The lowest BCUT2D eigenvalue weighted by atomic mass is 10.3. The number of aromatic nitrogens is 2. The Kier molecular flexibility index (Phi) is 4.98. The molecule has 0 unspecified atom stereocenters. The Morgan fingerprint density at radius 2 is 2.38 bits per heavy atom. The van der Waals surface area contributed by atoms with Crippen LogP contribution in [-0.4, -0.2) is 28.2 Å². The lowest BCUT2D eigenvalue weighted by Crippen LogP contribution is -2.24. The van der Waals surface area contributed by atoms with Gasteiger partial charge in [0, 0.05) is 12.2 Å². The van der Waals surface area contributed by atoms with Crippen molar-refractivity contribution in [3.05, 3.63) is 30.1 Å². The summed E-state index contributed by atoms with van der Waals surface area (Å²) < 4.78 is 0. The Morgan fingerprint density at radius 1 is 1.62 bits per heavy atom. The molecule has 0 spiro atoms. The van der Waals surface area contributed by atoms with Crippen LogP contribution in [0.4, 0.5) is 0 Å². The van der Waals surface area contributed by atoms with Gasteiger partial charge in [-0.3, -0.25) is 4.79 Å². The summed E-state index contributed by atoms with van der Waals surface area (Å²) >= 11 is 1.52. The highest BCUT2D eigenvalue weighted by molar-refractivity contribution is 7.99. The first-order valence-corrected chi connectivity index (χ1v) is 6.03. The number of carbonyl (C=O) groups excluding carboxylic acids is 1. The highest BCUT2D eigenvalue weighted by Gasteiger charge is 2.09. The van der Waals surface area contributed by atoms with Crippen molar-refractivity contribution in [2.75, 3.05) is 12.3 Å². The SMILES string of the molecule is C=CCNC(=O)c1cc(C)nc(SCC)n1. The molecule has 0 atom stereocenters. The number of thioether (sulfide) groups is 1. The minimum absolute atomic E-state index is 0.191. The summed E-state index contributed by atoms with van der Waals surface area (Å²) in [7, 11) is 0. The van der Waals surface area contributed by atoms with E-state index in [1.165, 1.54) is 11.8 Å². The van der Waals surface area contributed by atoms with Crippen LogP contribution in [0.25, 0.3) is 0 Å². The molecule has 0 aliphatic rings. The van der Waals surface area contributed by atoms with Gasteiger partial charge in [-0.05, 0) is 18.7 Å². The summed E-state index contributed by atoms with van der Waals surface area (Å²) in [6.07, 6.45) is 1.63. The van der Waals surface area contributed by atoms with E-state index in [2.05, 4.69) is 21.9 Å². The third-order valence-corrected chi connectivity index (χ3v) is 2.48. The minimum atomic E-state index is -0.191. The highest BCUT2D eigenvalue weighted by Crippen LogP contribution is 2.13. The van der Waals surface area contributed by atoms with Crippen LogP contribution in [0, 0.1) is 6.92 Å². The number of carbonyl (C=O) groups is 1. The molecule has 0 fully saturated rings. The first-order valence-electron chi connectivity index (χ1n) is 5.05. The molecule has 1 aromatic heterocycles. The van der Waals surface area contributed by atoms with Crippen LogP contribution < -0.4 is 5.32 Å². The van der Waals surface area contributed by atoms with Crippen LogP contribution in [0.5, 0.6) is 0 Å². The first-order chi connectivity index (χ1) is 7.67. The predicted octanol–water partition coefficient (Wildman–Crippen LogP) is 1.81. The second kappa shape index (κ2) is 6.27. The van der Waals surface area contributed by atoms with Crippen molar-refractivity contribution in [2.24, 2.45) is 0 Å². The highest BCUT2D eigenvalue weighted by atomic mass is 32.2. The fraction of sp³-hybridized carbons (Fsp3) is 0.364. The molecule has 5 heteroatoms. The van der Waals surface area contributed by atoms with Crippen molar-refractivity contribution in [1.29, 1.82) is 0 Å². The zero-order valence-corrected chi connectivity index (χ0v) is 10.3. The molecule has 0 radical (unpaired) electrons. The number of nitrogens with zero attached hydrogens (tertiary/aromatic N) is 2. The molecule has 1 N–H and O–H groups in total. The number of hydrogen-bond acceptors (Lipinski definition) is 4. The van der Waals surface area contributed by atoms with Crippen molar-refractivity contribution in [3.8, 4) is 0 Å². The van der Waals surface area contributed by atoms with E-state index in [1.54, 1.807) is 12.1 Å². The normalized spacial score (nSPS) is 9.88. The van der Waals surface area contributed by atoms with Gasteiger partial charge < -0.3 is 5.32 Å². The van der Waals surface area contributed by atoms with Gasteiger partial charge in [-0.25, -0.2) is 9.97 Å². The molecule has 0 aromatic carbocycles. The monoisotopic (exact) mass is 237 g/mol.